The number of carbonyl (C=O) groups is 1. The maximum absolute atomic E-state index is 12.3. The number of aromatic nitrogens is 2. The predicted molar refractivity (Wildman–Crippen MR) is 80.6 cm³/mol. The van der Waals surface area contributed by atoms with Crippen LogP contribution in [0, 0.1) is 0 Å². The van der Waals surface area contributed by atoms with E-state index in [-0.39, 0.29) is 11.1 Å². The number of carbonyl (C=O) groups excluding carboxylic acids is 1. The van der Waals surface area contributed by atoms with Gasteiger partial charge < -0.3 is 9.88 Å². The monoisotopic (exact) mass is 283 g/mol. The molecule has 2 aromatic heterocycles. The van der Waals surface area contributed by atoms with Crippen LogP contribution in [0.3, 0.4) is 0 Å². The zero-order valence-corrected chi connectivity index (χ0v) is 12.1. The van der Waals surface area contributed by atoms with E-state index in [1.54, 1.807) is 42.1 Å². The van der Waals surface area contributed by atoms with Crippen molar-refractivity contribution in [1.82, 2.24) is 9.55 Å². The van der Waals surface area contributed by atoms with E-state index >= 15 is 0 Å². The lowest BCUT2D eigenvalue weighted by Gasteiger charge is -2.12. The third-order valence-corrected chi connectivity index (χ3v) is 4.07. The summed E-state index contributed by atoms with van der Waals surface area (Å²) in [5.74, 6) is 0.419. The second-order valence-corrected chi connectivity index (χ2v) is 5.43. The van der Waals surface area contributed by atoms with Gasteiger partial charge in [0.15, 0.2) is 0 Å². The van der Waals surface area contributed by atoms with Gasteiger partial charge in [-0.3, -0.25) is 9.59 Å². The minimum absolute atomic E-state index is 0.177. The van der Waals surface area contributed by atoms with E-state index in [4.69, 9.17) is 0 Å². The Labute approximate surface area is 122 Å². The molecule has 0 radical (unpaired) electrons. The Morgan fingerprint density at radius 3 is 2.95 bits per heavy atom. The second kappa shape index (κ2) is 5.16. The van der Waals surface area contributed by atoms with E-state index in [1.165, 1.54) is 0 Å². The van der Waals surface area contributed by atoms with Crippen LogP contribution in [-0.2, 0) is 13.5 Å². The molecule has 2 aromatic rings. The number of anilines is 1. The average molecular weight is 283 g/mol. The fraction of sp³-hybridized carbons (Fsp3) is 0.312. The maximum atomic E-state index is 12.3. The number of nitrogens with one attached hydrogen (secondary N) is 1. The molecule has 3 rings (SSSR count). The molecule has 5 heteroatoms. The molecule has 0 bridgehead atoms. The van der Waals surface area contributed by atoms with Gasteiger partial charge in [0.25, 0.3) is 11.5 Å². The van der Waals surface area contributed by atoms with Crippen LogP contribution in [0.5, 0.6) is 0 Å². The summed E-state index contributed by atoms with van der Waals surface area (Å²) in [6.07, 6.45) is 3.51. The summed E-state index contributed by atoms with van der Waals surface area (Å²) < 4.78 is 1.60. The Bertz CT molecular complexity index is 750. The van der Waals surface area contributed by atoms with Gasteiger partial charge in [0, 0.05) is 18.9 Å². The van der Waals surface area contributed by atoms with Crippen LogP contribution < -0.4 is 10.9 Å². The SMILES string of the molecule is C[C@H]1CCc2c1cc(C(=O)Nc1ccccn1)c(=O)n2C. The van der Waals surface area contributed by atoms with Crippen molar-refractivity contribution in [3.05, 3.63) is 57.6 Å². The molecule has 0 aliphatic heterocycles. The van der Waals surface area contributed by atoms with Crippen LogP contribution in [0.25, 0.3) is 0 Å². The zero-order valence-electron chi connectivity index (χ0n) is 12.1. The molecule has 5 nitrogen and oxygen atoms in total. The van der Waals surface area contributed by atoms with Crippen LogP contribution >= 0.6 is 0 Å². The van der Waals surface area contributed by atoms with E-state index in [1.807, 2.05) is 0 Å². The van der Waals surface area contributed by atoms with Crippen molar-refractivity contribution in [1.29, 1.82) is 0 Å². The summed E-state index contributed by atoms with van der Waals surface area (Å²) in [6.45, 7) is 2.12. The third kappa shape index (κ3) is 2.35. The lowest BCUT2D eigenvalue weighted by molar-refractivity contribution is 0.102. The summed E-state index contributed by atoms with van der Waals surface area (Å²) in [5.41, 5.74) is 2.07. The van der Waals surface area contributed by atoms with Crippen LogP contribution in [0.2, 0.25) is 0 Å². The number of hydrogen-bond acceptors (Lipinski definition) is 3. The molecule has 2 heterocycles. The molecule has 0 spiro atoms. The lowest BCUT2D eigenvalue weighted by atomic mass is 10.0. The number of nitrogens with zero attached hydrogens (tertiary/aromatic N) is 2. The van der Waals surface area contributed by atoms with Crippen molar-refractivity contribution in [2.45, 2.75) is 25.7 Å². The Balaban J connectivity index is 1.99. The topological polar surface area (TPSA) is 64.0 Å². The summed E-state index contributed by atoms with van der Waals surface area (Å²) >= 11 is 0. The fourth-order valence-corrected chi connectivity index (χ4v) is 2.83. The van der Waals surface area contributed by atoms with Gasteiger partial charge in [-0.05, 0) is 42.5 Å². The van der Waals surface area contributed by atoms with Crippen LogP contribution in [0.15, 0.2) is 35.3 Å². The van der Waals surface area contributed by atoms with Gasteiger partial charge in [-0.2, -0.15) is 0 Å². The van der Waals surface area contributed by atoms with Crippen molar-refractivity contribution < 1.29 is 4.79 Å². The Kier molecular flexibility index (Phi) is 3.33. The van der Waals surface area contributed by atoms with E-state index in [9.17, 15) is 9.59 Å². The maximum Gasteiger partial charge on any atom is 0.263 e. The van der Waals surface area contributed by atoms with E-state index in [0.717, 1.165) is 24.1 Å². The van der Waals surface area contributed by atoms with Crippen molar-refractivity contribution in [3.63, 3.8) is 0 Å². The van der Waals surface area contributed by atoms with Gasteiger partial charge in [0.2, 0.25) is 0 Å². The molecule has 0 saturated heterocycles. The highest BCUT2D eigenvalue weighted by Gasteiger charge is 2.25. The number of pyridine rings is 2. The summed E-state index contributed by atoms with van der Waals surface area (Å²) in [6, 6.07) is 6.99. The molecule has 21 heavy (non-hydrogen) atoms. The van der Waals surface area contributed by atoms with Crippen molar-refractivity contribution >= 4 is 11.7 Å². The molecule has 1 amide bonds. The molecule has 1 aliphatic rings. The summed E-state index contributed by atoms with van der Waals surface area (Å²) in [5, 5.41) is 2.67. The highest BCUT2D eigenvalue weighted by Crippen LogP contribution is 2.31. The van der Waals surface area contributed by atoms with E-state index in [0.29, 0.717) is 11.7 Å². The normalized spacial score (nSPS) is 16.6. The smallest absolute Gasteiger partial charge is 0.263 e. The third-order valence-electron chi connectivity index (χ3n) is 4.07. The van der Waals surface area contributed by atoms with Crippen LogP contribution in [-0.4, -0.2) is 15.5 Å². The molecule has 0 fully saturated rings. The number of amides is 1. The number of rotatable bonds is 2. The van der Waals surface area contributed by atoms with Gasteiger partial charge in [0.05, 0.1) is 0 Å². The Morgan fingerprint density at radius 1 is 1.43 bits per heavy atom. The highest BCUT2D eigenvalue weighted by molar-refractivity contribution is 6.03. The standard InChI is InChI=1S/C16H17N3O2/c1-10-6-7-13-11(10)9-12(16(21)19(13)2)15(20)18-14-5-3-4-8-17-14/h3-5,8-10H,6-7H2,1-2H3,(H,17,18,20)/t10-/m0/s1. The first kappa shape index (κ1) is 13.5. The molecular weight excluding hydrogens is 266 g/mol. The molecule has 0 unspecified atom stereocenters. The first-order valence-electron chi connectivity index (χ1n) is 7.03. The largest absolute Gasteiger partial charge is 0.315 e. The Hall–Kier alpha value is -2.43. The number of hydrogen-bond donors (Lipinski definition) is 1. The molecule has 0 saturated carbocycles. The molecule has 1 aliphatic carbocycles. The van der Waals surface area contributed by atoms with Gasteiger partial charge in [-0.15, -0.1) is 0 Å². The summed E-state index contributed by atoms with van der Waals surface area (Å²) in [7, 11) is 1.73. The first-order valence-corrected chi connectivity index (χ1v) is 7.03. The van der Waals surface area contributed by atoms with Crippen molar-refractivity contribution in [2.75, 3.05) is 5.32 Å². The molecular formula is C16H17N3O2. The molecule has 108 valence electrons. The molecule has 1 N–H and O–H groups in total. The first-order chi connectivity index (χ1) is 10.1. The molecule has 0 aromatic carbocycles. The van der Waals surface area contributed by atoms with Crippen LogP contribution in [0.4, 0.5) is 5.82 Å². The highest BCUT2D eigenvalue weighted by atomic mass is 16.2. The number of fused-ring (bicyclic) bond motifs is 1. The minimum Gasteiger partial charge on any atom is -0.315 e. The minimum atomic E-state index is -0.406. The molecule has 1 atom stereocenters. The van der Waals surface area contributed by atoms with Gasteiger partial charge in [-0.25, -0.2) is 4.98 Å². The summed E-state index contributed by atoms with van der Waals surface area (Å²) in [4.78, 5) is 28.7. The van der Waals surface area contributed by atoms with Gasteiger partial charge in [0.1, 0.15) is 11.4 Å². The predicted octanol–water partition coefficient (Wildman–Crippen LogP) is 2.08. The fourth-order valence-electron chi connectivity index (χ4n) is 2.83. The second-order valence-electron chi connectivity index (χ2n) is 5.43. The zero-order chi connectivity index (χ0) is 15.0. The van der Waals surface area contributed by atoms with Crippen molar-refractivity contribution in [3.8, 4) is 0 Å². The van der Waals surface area contributed by atoms with E-state index < -0.39 is 5.91 Å². The van der Waals surface area contributed by atoms with Gasteiger partial charge >= 0.3 is 0 Å². The Morgan fingerprint density at radius 2 is 2.24 bits per heavy atom. The van der Waals surface area contributed by atoms with Gasteiger partial charge in [-0.1, -0.05) is 13.0 Å². The lowest BCUT2D eigenvalue weighted by Crippen LogP contribution is -2.30. The van der Waals surface area contributed by atoms with E-state index in [2.05, 4.69) is 17.2 Å². The average Bonchev–Trinajstić information content (AvgIpc) is 2.85. The van der Waals surface area contributed by atoms with Crippen molar-refractivity contribution in [2.24, 2.45) is 7.05 Å². The quantitative estimate of drug-likeness (QED) is 0.917. The van der Waals surface area contributed by atoms with Crippen LogP contribution in [0.1, 0.15) is 40.9 Å².